The van der Waals surface area contributed by atoms with Crippen molar-refractivity contribution < 1.29 is 84.9 Å². The predicted octanol–water partition coefficient (Wildman–Crippen LogP) is -3.97. The molecule has 39 heavy (non-hydrogen) atoms. The zero-order valence-corrected chi connectivity index (χ0v) is 22.1. The van der Waals surface area contributed by atoms with Gasteiger partial charge in [0.25, 0.3) is 0 Å². The van der Waals surface area contributed by atoms with Gasteiger partial charge in [0.1, 0.15) is 36.6 Å². The molecule has 0 aliphatic rings. The van der Waals surface area contributed by atoms with Gasteiger partial charge in [0.15, 0.2) is 0 Å². The third-order valence-corrected chi connectivity index (χ3v) is 3.88. The summed E-state index contributed by atoms with van der Waals surface area (Å²) in [6.45, 7) is 0.482. The molecule has 0 aliphatic heterocycles. The van der Waals surface area contributed by atoms with Crippen LogP contribution in [0.3, 0.4) is 0 Å². The quantitative estimate of drug-likeness (QED) is 0.0875. The molecule has 0 aromatic rings. The predicted molar refractivity (Wildman–Crippen MR) is 130 cm³/mol. The Morgan fingerprint density at radius 3 is 0.513 bits per heavy atom. The Labute approximate surface area is 224 Å². The van der Waals surface area contributed by atoms with E-state index in [0.29, 0.717) is 0 Å². The van der Waals surface area contributed by atoms with Crippen LogP contribution in [-0.2, 0) is 28.8 Å². The van der Waals surface area contributed by atoms with E-state index in [4.69, 9.17) is 56.2 Å². The maximum Gasteiger partial charge on any atom is 0.310 e. The third kappa shape index (κ3) is 35.1. The van der Waals surface area contributed by atoms with Crippen LogP contribution in [0.1, 0.15) is 40.0 Å². The third-order valence-electron chi connectivity index (χ3n) is 3.88. The molecular formula is C22H42O17. The number of ketones is 3. The second-order valence-corrected chi connectivity index (χ2v) is 8.08. The van der Waals surface area contributed by atoms with Crippen LogP contribution < -0.4 is 0 Å². The fourth-order valence-corrected chi connectivity index (χ4v) is 1.24. The van der Waals surface area contributed by atoms with Gasteiger partial charge in [-0.15, -0.1) is 0 Å². The van der Waals surface area contributed by atoms with Crippen molar-refractivity contribution in [2.45, 2.75) is 40.0 Å². The fraction of sp³-hybridized carbons (Fsp3) is 0.727. The number of carbonyl (C=O) groups is 6. The smallest absolute Gasteiger partial charge is 0.310 e. The van der Waals surface area contributed by atoms with Crippen LogP contribution in [0.25, 0.3) is 0 Å². The highest BCUT2D eigenvalue weighted by Crippen LogP contribution is 2.12. The van der Waals surface area contributed by atoms with E-state index in [1.165, 1.54) is 20.8 Å². The van der Waals surface area contributed by atoms with Crippen LogP contribution in [0.5, 0.6) is 0 Å². The topological polar surface area (TPSA) is 325 Å². The van der Waals surface area contributed by atoms with Gasteiger partial charge in [-0.1, -0.05) is 0 Å². The minimum absolute atomic E-state index is 0.312. The summed E-state index contributed by atoms with van der Waals surface area (Å²) in [6.07, 6.45) is -1.08. The van der Waals surface area contributed by atoms with E-state index >= 15 is 0 Å². The van der Waals surface area contributed by atoms with E-state index < -0.39 is 81.6 Å². The first kappa shape index (κ1) is 46.0. The van der Waals surface area contributed by atoms with Crippen molar-refractivity contribution in [2.75, 3.05) is 52.9 Å². The lowest BCUT2D eigenvalue weighted by Crippen LogP contribution is -2.37. The monoisotopic (exact) mass is 578 g/mol. The van der Waals surface area contributed by atoms with E-state index in [0.717, 1.165) is 0 Å². The highest BCUT2D eigenvalue weighted by atomic mass is 16.4. The van der Waals surface area contributed by atoms with Gasteiger partial charge in [-0.05, 0) is 20.8 Å². The highest BCUT2D eigenvalue weighted by molar-refractivity contribution is 5.93. The molecule has 0 aromatic heterocycles. The van der Waals surface area contributed by atoms with Gasteiger partial charge in [-0.3, -0.25) is 28.8 Å². The number of rotatable bonds is 14. The largest absolute Gasteiger partial charge is 0.481 e. The van der Waals surface area contributed by atoms with E-state index in [1.54, 1.807) is 0 Å². The standard InChI is InChI=1S/2C5H12O4.3C4H6O3/c2*6-1-5(2-7,3-8)4-9;3*1-3(5)2-4(6)7/h2*6-9H,1-4H2;3*2H2,1H3,(H,6,7). The summed E-state index contributed by atoms with van der Waals surface area (Å²) in [6, 6.07) is 0. The summed E-state index contributed by atoms with van der Waals surface area (Å²) >= 11 is 0. The lowest BCUT2D eigenvalue weighted by Gasteiger charge is -2.23. The van der Waals surface area contributed by atoms with Gasteiger partial charge >= 0.3 is 17.9 Å². The molecule has 0 amide bonds. The Hall–Kier alpha value is -2.90. The van der Waals surface area contributed by atoms with Gasteiger partial charge < -0.3 is 56.2 Å². The zero-order valence-electron chi connectivity index (χ0n) is 22.1. The maximum atomic E-state index is 9.87. The van der Waals surface area contributed by atoms with Gasteiger partial charge in [0, 0.05) is 0 Å². The van der Waals surface area contributed by atoms with Crippen molar-refractivity contribution in [2.24, 2.45) is 10.8 Å². The number of carboxylic acid groups (broad SMARTS) is 3. The molecule has 0 unspecified atom stereocenters. The van der Waals surface area contributed by atoms with Crippen LogP contribution in [0.4, 0.5) is 0 Å². The summed E-state index contributed by atoms with van der Waals surface area (Å²) in [5, 5.41) is 91.6. The van der Waals surface area contributed by atoms with Gasteiger partial charge in [0.05, 0.1) is 63.7 Å². The van der Waals surface area contributed by atoms with Gasteiger partial charge in [-0.25, -0.2) is 0 Å². The van der Waals surface area contributed by atoms with Crippen LogP contribution >= 0.6 is 0 Å². The van der Waals surface area contributed by atoms with Crippen molar-refractivity contribution in [3.63, 3.8) is 0 Å². The van der Waals surface area contributed by atoms with E-state index in [9.17, 15) is 28.8 Å². The summed E-state index contributed by atoms with van der Waals surface area (Å²) < 4.78 is 0. The second kappa shape index (κ2) is 28.1. The molecule has 0 bridgehead atoms. The summed E-state index contributed by atoms with van der Waals surface area (Å²) in [7, 11) is 0. The molecule has 0 fully saturated rings. The first-order valence-electron chi connectivity index (χ1n) is 10.9. The number of hydrogen-bond acceptors (Lipinski definition) is 14. The second-order valence-electron chi connectivity index (χ2n) is 8.08. The summed E-state index contributed by atoms with van der Waals surface area (Å²) in [5.41, 5.74) is -2.22. The van der Waals surface area contributed by atoms with Crippen molar-refractivity contribution in [1.29, 1.82) is 0 Å². The number of carboxylic acids is 3. The average Bonchev–Trinajstić information content (AvgIpc) is 2.82. The average molecular weight is 579 g/mol. The van der Waals surface area contributed by atoms with E-state index in [1.807, 2.05) is 0 Å². The normalized spacial score (nSPS) is 9.92. The van der Waals surface area contributed by atoms with Gasteiger partial charge in [0.2, 0.25) is 0 Å². The number of carbonyl (C=O) groups excluding carboxylic acids is 3. The van der Waals surface area contributed by atoms with Crippen molar-refractivity contribution in [3.8, 4) is 0 Å². The molecule has 0 saturated heterocycles. The minimum atomic E-state index is -1.11. The molecule has 0 atom stereocenters. The van der Waals surface area contributed by atoms with Crippen molar-refractivity contribution in [1.82, 2.24) is 0 Å². The molecular weight excluding hydrogens is 536 g/mol. The molecule has 0 heterocycles. The molecule has 11 N–H and O–H groups in total. The lowest BCUT2D eigenvalue weighted by atomic mass is 9.93. The van der Waals surface area contributed by atoms with Crippen LogP contribution in [0.2, 0.25) is 0 Å². The Morgan fingerprint density at radius 2 is 0.513 bits per heavy atom. The maximum absolute atomic E-state index is 9.87. The Bertz CT molecular complexity index is 544. The molecule has 17 nitrogen and oxygen atoms in total. The van der Waals surface area contributed by atoms with Gasteiger partial charge in [-0.2, -0.15) is 0 Å². The Kier molecular flexibility index (Phi) is 33.2. The SMILES string of the molecule is CC(=O)CC(=O)O.CC(=O)CC(=O)O.CC(=O)CC(=O)O.OCC(CO)(CO)CO.OCC(CO)(CO)CO. The number of Topliss-reactive ketones (excluding diaryl/α,β-unsaturated/α-hetero) is 3. The highest BCUT2D eigenvalue weighted by Gasteiger charge is 2.27. The number of aliphatic carboxylic acids is 3. The Balaban J connectivity index is -0.000000124. The van der Waals surface area contributed by atoms with Crippen molar-refractivity contribution >= 4 is 35.3 Å². The summed E-state index contributed by atoms with van der Waals surface area (Å²) in [5.74, 6) is -4.12. The molecule has 0 spiro atoms. The molecule has 0 saturated carbocycles. The first-order valence-corrected chi connectivity index (χ1v) is 10.9. The number of hydrogen-bond donors (Lipinski definition) is 11. The molecule has 232 valence electrons. The van der Waals surface area contributed by atoms with E-state index in [2.05, 4.69) is 0 Å². The fourth-order valence-electron chi connectivity index (χ4n) is 1.24. The minimum Gasteiger partial charge on any atom is -0.481 e. The number of aliphatic hydroxyl groups excluding tert-OH is 8. The number of aliphatic hydroxyl groups is 8. The first-order chi connectivity index (χ1) is 17.9. The zero-order chi connectivity index (χ0) is 32.2. The Morgan fingerprint density at radius 1 is 0.385 bits per heavy atom. The van der Waals surface area contributed by atoms with Crippen LogP contribution in [0, 0.1) is 10.8 Å². The summed E-state index contributed by atoms with van der Waals surface area (Å²) in [4.78, 5) is 58.4. The molecule has 17 heteroatoms. The molecule has 0 aliphatic carbocycles. The van der Waals surface area contributed by atoms with Crippen LogP contribution in [0.15, 0.2) is 0 Å². The molecule has 0 aromatic carbocycles. The molecule has 0 radical (unpaired) electrons. The van der Waals surface area contributed by atoms with Crippen LogP contribution in [-0.4, -0.2) is 144 Å². The van der Waals surface area contributed by atoms with Crippen molar-refractivity contribution in [3.05, 3.63) is 0 Å². The van der Waals surface area contributed by atoms with E-state index in [-0.39, 0.29) is 36.6 Å². The molecule has 0 rings (SSSR count). The lowest BCUT2D eigenvalue weighted by molar-refractivity contribution is -0.141.